The van der Waals surface area contributed by atoms with Gasteiger partial charge in [0.1, 0.15) is 0 Å². The Hall–Kier alpha value is -0.570. The van der Waals surface area contributed by atoms with E-state index in [1.807, 2.05) is 11.8 Å². The molecule has 0 bridgehead atoms. The van der Waals surface area contributed by atoms with Crippen molar-refractivity contribution < 1.29 is 4.79 Å². The fraction of sp³-hybridized carbons (Fsp3) is 0.917. The summed E-state index contributed by atoms with van der Waals surface area (Å²) in [5.41, 5.74) is 5.07. The average molecular weight is 214 g/mol. The molecule has 0 rings (SSSR count). The third-order valence-electron chi connectivity index (χ3n) is 2.85. The number of rotatable bonds is 6. The molecule has 0 atom stereocenters. The molecule has 2 N–H and O–H groups in total. The molecular formula is C12H26N2O. The van der Waals surface area contributed by atoms with Crippen LogP contribution in [-0.2, 0) is 4.79 Å². The molecule has 90 valence electrons. The van der Waals surface area contributed by atoms with Gasteiger partial charge in [-0.1, -0.05) is 26.7 Å². The van der Waals surface area contributed by atoms with Crippen LogP contribution in [0.4, 0.5) is 0 Å². The Morgan fingerprint density at radius 2 is 1.73 bits per heavy atom. The fourth-order valence-electron chi connectivity index (χ4n) is 1.62. The van der Waals surface area contributed by atoms with Gasteiger partial charge in [0.25, 0.3) is 0 Å². The van der Waals surface area contributed by atoms with E-state index in [1.54, 1.807) is 13.8 Å². The third kappa shape index (κ3) is 4.65. The van der Waals surface area contributed by atoms with E-state index >= 15 is 0 Å². The zero-order valence-corrected chi connectivity index (χ0v) is 10.8. The smallest absolute Gasteiger partial charge is 0.242 e. The highest BCUT2D eigenvalue weighted by Crippen LogP contribution is 2.12. The van der Waals surface area contributed by atoms with Crippen LogP contribution in [0.15, 0.2) is 0 Å². The Kier molecular flexibility index (Phi) is 5.88. The van der Waals surface area contributed by atoms with Gasteiger partial charge in [-0.05, 0) is 26.7 Å². The monoisotopic (exact) mass is 214 g/mol. The number of carbonyl (C=O) groups excluding carboxylic acids is 1. The molecule has 0 aromatic rings. The number of carbonyl (C=O) groups is 1. The Morgan fingerprint density at radius 3 is 2.00 bits per heavy atom. The van der Waals surface area contributed by atoms with Crippen molar-refractivity contribution in [1.29, 1.82) is 0 Å². The van der Waals surface area contributed by atoms with Gasteiger partial charge >= 0.3 is 0 Å². The summed E-state index contributed by atoms with van der Waals surface area (Å²) < 4.78 is 0. The number of likely N-dealkylation sites (N-methyl/N-ethyl adjacent to an activating group) is 1. The Balaban J connectivity index is 4.43. The van der Waals surface area contributed by atoms with Crippen molar-refractivity contribution in [1.82, 2.24) is 4.90 Å². The minimum Gasteiger partial charge on any atom is -0.341 e. The van der Waals surface area contributed by atoms with Gasteiger partial charge in [-0.3, -0.25) is 4.79 Å². The van der Waals surface area contributed by atoms with Crippen molar-refractivity contribution in [2.45, 2.75) is 53.0 Å². The first-order valence-electron chi connectivity index (χ1n) is 5.94. The van der Waals surface area contributed by atoms with E-state index in [2.05, 4.69) is 13.8 Å². The molecule has 0 aromatic heterocycles. The van der Waals surface area contributed by atoms with Crippen LogP contribution in [0.3, 0.4) is 0 Å². The molecule has 0 spiro atoms. The summed E-state index contributed by atoms with van der Waals surface area (Å²) >= 11 is 0. The lowest BCUT2D eigenvalue weighted by molar-refractivity contribution is -0.136. The first kappa shape index (κ1) is 14.4. The van der Waals surface area contributed by atoms with E-state index in [-0.39, 0.29) is 5.91 Å². The standard InChI is InChI=1S/C12H26N2O/c1-6-10(7-2)9-14(8-3)11(15)12(4,5)13/h10H,6-9,13H2,1-5H3. The molecule has 0 fully saturated rings. The molecule has 0 heterocycles. The molecule has 0 saturated carbocycles. The second-order valence-corrected chi connectivity index (χ2v) is 4.75. The van der Waals surface area contributed by atoms with Gasteiger partial charge < -0.3 is 10.6 Å². The van der Waals surface area contributed by atoms with E-state index in [9.17, 15) is 4.79 Å². The quantitative estimate of drug-likeness (QED) is 0.735. The second-order valence-electron chi connectivity index (χ2n) is 4.75. The summed E-state index contributed by atoms with van der Waals surface area (Å²) in [7, 11) is 0. The van der Waals surface area contributed by atoms with Gasteiger partial charge in [-0.15, -0.1) is 0 Å². The van der Waals surface area contributed by atoms with E-state index in [4.69, 9.17) is 5.73 Å². The number of hydrogen-bond acceptors (Lipinski definition) is 2. The van der Waals surface area contributed by atoms with Crippen molar-refractivity contribution in [2.75, 3.05) is 13.1 Å². The normalized spacial score (nSPS) is 11.9. The SMILES string of the molecule is CCC(CC)CN(CC)C(=O)C(C)(C)N. The topological polar surface area (TPSA) is 46.3 Å². The van der Waals surface area contributed by atoms with Crippen molar-refractivity contribution in [2.24, 2.45) is 11.7 Å². The zero-order valence-electron chi connectivity index (χ0n) is 10.8. The summed E-state index contributed by atoms with van der Waals surface area (Å²) in [4.78, 5) is 13.8. The van der Waals surface area contributed by atoms with Gasteiger partial charge in [-0.25, -0.2) is 0 Å². The highest BCUT2D eigenvalue weighted by atomic mass is 16.2. The van der Waals surface area contributed by atoms with Gasteiger partial charge in [0.2, 0.25) is 5.91 Å². The first-order valence-corrected chi connectivity index (χ1v) is 5.94. The maximum Gasteiger partial charge on any atom is 0.242 e. The molecule has 1 amide bonds. The summed E-state index contributed by atoms with van der Waals surface area (Å²) in [5, 5.41) is 0. The molecule has 0 saturated heterocycles. The summed E-state index contributed by atoms with van der Waals surface area (Å²) in [6.07, 6.45) is 2.23. The molecule has 3 nitrogen and oxygen atoms in total. The lowest BCUT2D eigenvalue weighted by atomic mass is 10.00. The van der Waals surface area contributed by atoms with Crippen molar-refractivity contribution >= 4 is 5.91 Å². The Labute approximate surface area is 94.0 Å². The van der Waals surface area contributed by atoms with E-state index in [1.165, 1.54) is 0 Å². The predicted molar refractivity (Wildman–Crippen MR) is 64.6 cm³/mol. The number of hydrogen-bond donors (Lipinski definition) is 1. The fourth-order valence-corrected chi connectivity index (χ4v) is 1.62. The maximum absolute atomic E-state index is 12.0. The molecule has 0 aliphatic rings. The van der Waals surface area contributed by atoms with Crippen LogP contribution in [0.1, 0.15) is 47.5 Å². The molecule has 3 heteroatoms. The highest BCUT2D eigenvalue weighted by molar-refractivity contribution is 5.85. The van der Waals surface area contributed by atoms with Crippen LogP contribution in [0.5, 0.6) is 0 Å². The van der Waals surface area contributed by atoms with E-state index in [0.29, 0.717) is 5.92 Å². The minimum absolute atomic E-state index is 0.0527. The zero-order chi connectivity index (χ0) is 12.1. The van der Waals surface area contributed by atoms with Crippen molar-refractivity contribution in [3.63, 3.8) is 0 Å². The molecule has 0 aliphatic heterocycles. The van der Waals surface area contributed by atoms with Crippen LogP contribution in [0.2, 0.25) is 0 Å². The van der Waals surface area contributed by atoms with Gasteiger partial charge in [0.15, 0.2) is 0 Å². The summed E-state index contributed by atoms with van der Waals surface area (Å²) in [6.45, 7) is 11.5. The first-order chi connectivity index (χ1) is 6.86. The van der Waals surface area contributed by atoms with Gasteiger partial charge in [0, 0.05) is 13.1 Å². The molecule has 15 heavy (non-hydrogen) atoms. The number of nitrogens with two attached hydrogens (primary N) is 1. The lowest BCUT2D eigenvalue weighted by Crippen LogP contribution is -2.52. The predicted octanol–water partition coefficient (Wildman–Crippen LogP) is 2.01. The largest absolute Gasteiger partial charge is 0.341 e. The minimum atomic E-state index is -0.748. The summed E-state index contributed by atoms with van der Waals surface area (Å²) in [5.74, 6) is 0.646. The van der Waals surface area contributed by atoms with Crippen molar-refractivity contribution in [3.05, 3.63) is 0 Å². The van der Waals surface area contributed by atoms with Crippen LogP contribution < -0.4 is 5.73 Å². The van der Waals surface area contributed by atoms with Crippen LogP contribution >= 0.6 is 0 Å². The molecule has 0 unspecified atom stereocenters. The highest BCUT2D eigenvalue weighted by Gasteiger charge is 2.27. The van der Waals surface area contributed by atoms with E-state index in [0.717, 1.165) is 25.9 Å². The summed E-state index contributed by atoms with van der Waals surface area (Å²) in [6, 6.07) is 0. The van der Waals surface area contributed by atoms with Crippen LogP contribution in [0.25, 0.3) is 0 Å². The molecule has 0 aromatic carbocycles. The number of amides is 1. The third-order valence-corrected chi connectivity index (χ3v) is 2.85. The lowest BCUT2D eigenvalue weighted by Gasteiger charge is -2.31. The van der Waals surface area contributed by atoms with Crippen molar-refractivity contribution in [3.8, 4) is 0 Å². The molecule has 0 aliphatic carbocycles. The molecule has 0 radical (unpaired) electrons. The van der Waals surface area contributed by atoms with E-state index < -0.39 is 5.54 Å². The van der Waals surface area contributed by atoms with Crippen LogP contribution in [0, 0.1) is 5.92 Å². The maximum atomic E-state index is 12.0. The van der Waals surface area contributed by atoms with Gasteiger partial charge in [0.05, 0.1) is 5.54 Å². The van der Waals surface area contributed by atoms with Gasteiger partial charge in [-0.2, -0.15) is 0 Å². The van der Waals surface area contributed by atoms with Crippen LogP contribution in [-0.4, -0.2) is 29.4 Å². The second kappa shape index (κ2) is 6.11. The Morgan fingerprint density at radius 1 is 1.27 bits per heavy atom. The number of nitrogens with zero attached hydrogens (tertiary/aromatic N) is 1. The Bertz CT molecular complexity index is 192. The molecular weight excluding hydrogens is 188 g/mol. The average Bonchev–Trinajstić information content (AvgIpc) is 2.18.